The zero-order valence-electron chi connectivity index (χ0n) is 10.6. The molecular weight excluding hydrogens is 256 g/mol. The fourth-order valence-corrected chi connectivity index (χ4v) is 2.01. The van der Waals surface area contributed by atoms with Crippen molar-refractivity contribution < 1.29 is 14.4 Å². The Hall–Kier alpha value is -2.82. The van der Waals surface area contributed by atoms with Crippen LogP contribution in [0.5, 0.6) is 0 Å². The number of hydroxylamine groups is 1. The summed E-state index contributed by atoms with van der Waals surface area (Å²) < 4.78 is 0. The molecule has 2 aromatic carbocycles. The number of benzene rings is 2. The highest BCUT2D eigenvalue weighted by Crippen LogP contribution is 2.22. The summed E-state index contributed by atoms with van der Waals surface area (Å²) in [5, 5.41) is 1.03. The Labute approximate surface area is 115 Å². The van der Waals surface area contributed by atoms with E-state index in [0.29, 0.717) is 11.4 Å². The zero-order valence-corrected chi connectivity index (χ0v) is 10.6. The predicted octanol–water partition coefficient (Wildman–Crippen LogP) is 2.59. The number of anilines is 2. The van der Waals surface area contributed by atoms with Gasteiger partial charge in [-0.2, -0.15) is 0 Å². The van der Waals surface area contributed by atoms with Crippen LogP contribution in [0.15, 0.2) is 60.7 Å². The van der Waals surface area contributed by atoms with Crippen LogP contribution < -0.4 is 9.96 Å². The van der Waals surface area contributed by atoms with Crippen LogP contribution in [-0.2, 0) is 9.63 Å². The number of carbonyl (C=O) groups excluding carboxylic acids is 2. The monoisotopic (exact) mass is 268 g/mol. The maximum absolute atomic E-state index is 12.1. The molecule has 1 heterocycles. The number of amides is 2. The molecule has 5 heteroatoms. The van der Waals surface area contributed by atoms with Crippen LogP contribution in [0.1, 0.15) is 0 Å². The van der Waals surface area contributed by atoms with Crippen molar-refractivity contribution in [3.8, 4) is 0 Å². The van der Waals surface area contributed by atoms with Crippen molar-refractivity contribution in [1.29, 1.82) is 0 Å². The Morgan fingerprint density at radius 2 is 1.35 bits per heavy atom. The zero-order chi connectivity index (χ0) is 13.9. The molecule has 0 unspecified atom stereocenters. The highest BCUT2D eigenvalue weighted by Gasteiger charge is 2.33. The van der Waals surface area contributed by atoms with Crippen LogP contribution in [0, 0.1) is 0 Å². The van der Waals surface area contributed by atoms with Crippen LogP contribution >= 0.6 is 0 Å². The first-order valence-corrected chi connectivity index (χ1v) is 6.18. The van der Waals surface area contributed by atoms with Gasteiger partial charge in [0.05, 0.1) is 5.69 Å². The number of hydrogen-bond donors (Lipinski definition) is 0. The second-order valence-corrected chi connectivity index (χ2v) is 4.30. The van der Waals surface area contributed by atoms with Gasteiger partial charge in [0, 0.05) is 5.69 Å². The van der Waals surface area contributed by atoms with Gasteiger partial charge in [-0.15, -0.1) is 5.06 Å². The topological polar surface area (TPSA) is 49.9 Å². The lowest BCUT2D eigenvalue weighted by Crippen LogP contribution is -2.52. The first kappa shape index (κ1) is 12.2. The maximum atomic E-state index is 12.1. The first-order valence-electron chi connectivity index (χ1n) is 6.18. The third kappa shape index (κ3) is 2.21. The van der Waals surface area contributed by atoms with Gasteiger partial charge in [-0.1, -0.05) is 36.4 Å². The molecule has 100 valence electrons. The Balaban J connectivity index is 1.84. The fraction of sp³-hybridized carbons (Fsp3) is 0.0667. The van der Waals surface area contributed by atoms with Gasteiger partial charge in [-0.25, -0.2) is 4.79 Å². The van der Waals surface area contributed by atoms with E-state index in [2.05, 4.69) is 0 Å². The third-order valence-corrected chi connectivity index (χ3v) is 2.97. The van der Waals surface area contributed by atoms with Crippen molar-refractivity contribution in [2.24, 2.45) is 0 Å². The summed E-state index contributed by atoms with van der Waals surface area (Å²) in [6.45, 7) is -0.0439. The van der Waals surface area contributed by atoms with Gasteiger partial charge in [0.15, 0.2) is 0 Å². The van der Waals surface area contributed by atoms with Crippen LogP contribution in [0.3, 0.4) is 0 Å². The molecular formula is C15H12N2O3. The van der Waals surface area contributed by atoms with Crippen molar-refractivity contribution in [2.75, 3.05) is 16.5 Å². The molecule has 2 aromatic rings. The smallest absolute Gasteiger partial charge is 0.313 e. The largest absolute Gasteiger partial charge is 0.439 e. The molecule has 3 rings (SSSR count). The van der Waals surface area contributed by atoms with Crippen molar-refractivity contribution in [3.63, 3.8) is 0 Å². The van der Waals surface area contributed by atoms with E-state index in [1.165, 1.54) is 4.90 Å². The summed E-state index contributed by atoms with van der Waals surface area (Å²) in [5.74, 6) is -0.292. The molecule has 0 radical (unpaired) electrons. The number of carbonyl (C=O) groups is 2. The van der Waals surface area contributed by atoms with E-state index in [0.717, 1.165) is 5.06 Å². The molecule has 1 fully saturated rings. The lowest BCUT2D eigenvalue weighted by Gasteiger charge is -2.32. The van der Waals surface area contributed by atoms with E-state index in [1.54, 1.807) is 48.5 Å². The number of rotatable bonds is 2. The molecule has 1 aliphatic rings. The molecule has 0 aromatic heterocycles. The summed E-state index contributed by atoms with van der Waals surface area (Å²) in [4.78, 5) is 30.6. The minimum atomic E-state index is -0.570. The van der Waals surface area contributed by atoms with E-state index >= 15 is 0 Å². The van der Waals surface area contributed by atoms with Gasteiger partial charge in [0.25, 0.3) is 5.91 Å². The number of hydrogen-bond acceptors (Lipinski definition) is 3. The third-order valence-electron chi connectivity index (χ3n) is 2.97. The Morgan fingerprint density at radius 1 is 0.800 bits per heavy atom. The van der Waals surface area contributed by atoms with Crippen LogP contribution in [-0.4, -0.2) is 18.5 Å². The highest BCUT2D eigenvalue weighted by molar-refractivity contribution is 6.05. The van der Waals surface area contributed by atoms with Gasteiger partial charge in [-0.3, -0.25) is 9.69 Å². The molecule has 0 bridgehead atoms. The Bertz CT molecular complexity index is 571. The van der Waals surface area contributed by atoms with Crippen LogP contribution in [0.2, 0.25) is 0 Å². The second kappa shape index (κ2) is 5.05. The number of para-hydroxylation sites is 2. The summed E-state index contributed by atoms with van der Waals surface area (Å²) in [7, 11) is 0. The van der Waals surface area contributed by atoms with E-state index in [-0.39, 0.29) is 12.5 Å². The average Bonchev–Trinajstić information content (AvgIpc) is 2.51. The van der Waals surface area contributed by atoms with Gasteiger partial charge < -0.3 is 4.84 Å². The van der Waals surface area contributed by atoms with Gasteiger partial charge in [0.2, 0.25) is 0 Å². The quantitative estimate of drug-likeness (QED) is 0.841. The SMILES string of the molecule is O=C1ON(c2ccccc2)C(=O)CN1c1ccccc1. The van der Waals surface area contributed by atoms with Gasteiger partial charge in [0.1, 0.15) is 6.54 Å². The van der Waals surface area contributed by atoms with Crippen molar-refractivity contribution in [3.05, 3.63) is 60.7 Å². The summed E-state index contributed by atoms with van der Waals surface area (Å²) >= 11 is 0. The molecule has 0 atom stereocenters. The minimum absolute atomic E-state index is 0.0439. The fourth-order valence-electron chi connectivity index (χ4n) is 2.01. The predicted molar refractivity (Wildman–Crippen MR) is 74.2 cm³/mol. The average molecular weight is 268 g/mol. The standard InChI is InChI=1S/C15H12N2O3/c18-14-11-16(12-7-3-1-4-8-12)15(19)20-17(14)13-9-5-2-6-10-13/h1-10H,11H2. The first-order chi connectivity index (χ1) is 9.75. The van der Waals surface area contributed by atoms with Crippen LogP contribution in [0.4, 0.5) is 16.2 Å². The lowest BCUT2D eigenvalue weighted by atomic mass is 10.2. The minimum Gasteiger partial charge on any atom is -0.313 e. The van der Waals surface area contributed by atoms with Crippen molar-refractivity contribution in [2.45, 2.75) is 0 Å². The van der Waals surface area contributed by atoms with E-state index in [9.17, 15) is 9.59 Å². The summed E-state index contributed by atoms with van der Waals surface area (Å²) in [6.07, 6.45) is -0.570. The lowest BCUT2D eigenvalue weighted by molar-refractivity contribution is -0.123. The van der Waals surface area contributed by atoms with E-state index in [1.807, 2.05) is 12.1 Å². The van der Waals surface area contributed by atoms with Gasteiger partial charge in [-0.05, 0) is 24.3 Å². The molecule has 20 heavy (non-hydrogen) atoms. The molecule has 0 spiro atoms. The Morgan fingerprint density at radius 3 is 1.95 bits per heavy atom. The molecule has 2 amide bonds. The summed E-state index contributed by atoms with van der Waals surface area (Å²) in [6, 6.07) is 17.8. The molecule has 0 N–H and O–H groups in total. The van der Waals surface area contributed by atoms with Crippen molar-refractivity contribution >= 4 is 23.4 Å². The molecule has 0 aliphatic carbocycles. The molecule has 1 aliphatic heterocycles. The normalized spacial score (nSPS) is 15.2. The second-order valence-electron chi connectivity index (χ2n) is 4.30. The Kier molecular flexibility index (Phi) is 3.09. The van der Waals surface area contributed by atoms with E-state index < -0.39 is 6.09 Å². The molecule has 0 saturated carbocycles. The highest BCUT2D eigenvalue weighted by atomic mass is 16.7. The maximum Gasteiger partial charge on any atom is 0.439 e. The van der Waals surface area contributed by atoms with E-state index in [4.69, 9.17) is 4.84 Å². The summed E-state index contributed by atoms with van der Waals surface area (Å²) in [5.41, 5.74) is 1.18. The van der Waals surface area contributed by atoms with Crippen LogP contribution in [0.25, 0.3) is 0 Å². The number of nitrogens with zero attached hydrogens (tertiary/aromatic N) is 2. The molecule has 5 nitrogen and oxygen atoms in total. The van der Waals surface area contributed by atoms with Gasteiger partial charge >= 0.3 is 6.09 Å². The molecule has 1 saturated heterocycles. The van der Waals surface area contributed by atoms with Crippen molar-refractivity contribution in [1.82, 2.24) is 0 Å².